The number of nitrogens with zero attached hydrogens (tertiary/aromatic N) is 1. The Bertz CT molecular complexity index is 591. The number of imide groups is 1. The number of hydrogen-bond acceptors (Lipinski definition) is 8. The molecule has 0 spiro atoms. The zero-order valence-electron chi connectivity index (χ0n) is 11.9. The highest BCUT2D eigenvalue weighted by atomic mass is 31.2. The summed E-state index contributed by atoms with van der Waals surface area (Å²) in [4.78, 5) is 52.7. The van der Waals surface area contributed by atoms with Crippen molar-refractivity contribution >= 4 is 25.7 Å². The lowest BCUT2D eigenvalue weighted by Crippen LogP contribution is -2.63. The number of hydrogen-bond donors (Lipinski definition) is 6. The van der Waals surface area contributed by atoms with Gasteiger partial charge in [0.1, 0.15) is 24.4 Å². The van der Waals surface area contributed by atoms with Gasteiger partial charge in [-0.15, -0.1) is 0 Å². The van der Waals surface area contributed by atoms with Gasteiger partial charge in [0, 0.05) is 0 Å². The van der Waals surface area contributed by atoms with Crippen LogP contribution in [0.3, 0.4) is 0 Å². The van der Waals surface area contributed by atoms with Crippen molar-refractivity contribution in [2.45, 2.75) is 37.0 Å². The number of rotatable bonds is 5. The molecule has 0 saturated carbocycles. The number of urea groups is 1. The number of aliphatic hydroxyl groups is 2. The molecule has 3 amide bonds. The van der Waals surface area contributed by atoms with E-state index in [-0.39, 0.29) is 0 Å². The number of ether oxygens (including phenoxy) is 1. The molecule has 2 aliphatic heterocycles. The van der Waals surface area contributed by atoms with E-state index in [2.05, 4.69) is 4.52 Å². The van der Waals surface area contributed by atoms with E-state index in [1.54, 1.807) is 0 Å². The fraction of sp³-hybridized carbons (Fsp3) is 0.700. The molecule has 0 aliphatic carbocycles. The second-order valence-corrected chi connectivity index (χ2v) is 6.31. The number of carboxylic acids is 1. The summed E-state index contributed by atoms with van der Waals surface area (Å²) < 4.78 is 20.4. The molecular weight excluding hydrogens is 355 g/mol. The van der Waals surface area contributed by atoms with E-state index in [0.717, 1.165) is 0 Å². The zero-order chi connectivity index (χ0) is 18.2. The van der Waals surface area contributed by atoms with Gasteiger partial charge in [-0.2, -0.15) is 0 Å². The average Bonchev–Trinajstić information content (AvgIpc) is 2.73. The summed E-state index contributed by atoms with van der Waals surface area (Å²) in [6.07, 6.45) is -7.34. The molecule has 2 aliphatic rings. The number of carbonyl (C=O) groups is 3. The van der Waals surface area contributed by atoms with Crippen LogP contribution in [0.1, 0.15) is 6.42 Å². The standard InChI is InChI=1S/C10H15N2O11P/c13-2-4-7(23-24(19,20)21)6(15)8(22-4)12-3(9(16)17)1-5(14)11-10(12)18/h3-4,6-8,13,15H,1-2H2,(H,16,17)(H,11,14,18)(H2,19,20,21)/t3?,4-,6-,7-,8-/m1/s1. The van der Waals surface area contributed by atoms with Gasteiger partial charge < -0.3 is 29.8 Å². The van der Waals surface area contributed by atoms with E-state index in [1.165, 1.54) is 0 Å². The Labute approximate surface area is 134 Å². The third-order valence-electron chi connectivity index (χ3n) is 3.50. The summed E-state index contributed by atoms with van der Waals surface area (Å²) in [5.74, 6) is -2.40. The predicted molar refractivity (Wildman–Crippen MR) is 70.1 cm³/mol. The van der Waals surface area contributed by atoms with E-state index in [1.807, 2.05) is 5.32 Å². The van der Waals surface area contributed by atoms with E-state index in [4.69, 9.17) is 19.6 Å². The third-order valence-corrected chi connectivity index (χ3v) is 4.02. The minimum Gasteiger partial charge on any atom is -0.480 e. The first-order valence-electron chi connectivity index (χ1n) is 6.58. The molecule has 1 unspecified atom stereocenters. The maximum absolute atomic E-state index is 11.9. The highest BCUT2D eigenvalue weighted by molar-refractivity contribution is 7.46. The van der Waals surface area contributed by atoms with Crippen molar-refractivity contribution in [2.75, 3.05) is 6.61 Å². The average molecular weight is 370 g/mol. The van der Waals surface area contributed by atoms with Gasteiger partial charge >= 0.3 is 19.8 Å². The van der Waals surface area contributed by atoms with E-state index in [9.17, 15) is 29.2 Å². The number of carboxylic acid groups (broad SMARTS) is 1. The largest absolute Gasteiger partial charge is 0.480 e. The molecule has 136 valence electrons. The van der Waals surface area contributed by atoms with Crippen molar-refractivity contribution in [2.24, 2.45) is 0 Å². The molecule has 5 atom stereocenters. The van der Waals surface area contributed by atoms with Crippen molar-refractivity contribution in [1.82, 2.24) is 10.2 Å². The van der Waals surface area contributed by atoms with Crippen LogP contribution in [0.25, 0.3) is 0 Å². The van der Waals surface area contributed by atoms with Crippen molar-refractivity contribution in [3.05, 3.63) is 0 Å². The first-order chi connectivity index (χ1) is 11.0. The summed E-state index contributed by atoms with van der Waals surface area (Å²) in [6, 6.07) is -2.84. The van der Waals surface area contributed by atoms with Crippen LogP contribution in [0.15, 0.2) is 0 Å². The van der Waals surface area contributed by atoms with Crippen LogP contribution in [0.2, 0.25) is 0 Å². The van der Waals surface area contributed by atoms with Crippen molar-refractivity contribution in [3.63, 3.8) is 0 Å². The number of aliphatic carboxylic acids is 1. The number of aliphatic hydroxyl groups excluding tert-OH is 2. The van der Waals surface area contributed by atoms with Crippen LogP contribution in [-0.4, -0.2) is 85.1 Å². The smallest absolute Gasteiger partial charge is 0.470 e. The highest BCUT2D eigenvalue weighted by Crippen LogP contribution is 2.42. The quantitative estimate of drug-likeness (QED) is 0.268. The Hall–Kier alpha value is -1.60. The van der Waals surface area contributed by atoms with Gasteiger partial charge in [0.25, 0.3) is 0 Å². The van der Waals surface area contributed by atoms with Crippen molar-refractivity contribution in [3.8, 4) is 0 Å². The number of nitrogens with one attached hydrogen (secondary N) is 1. The molecule has 2 rings (SSSR count). The molecule has 6 N–H and O–H groups in total. The van der Waals surface area contributed by atoms with Gasteiger partial charge in [-0.25, -0.2) is 14.2 Å². The molecule has 0 bridgehead atoms. The second-order valence-electron chi connectivity index (χ2n) is 5.12. The maximum Gasteiger partial charge on any atom is 0.470 e. The Kier molecular flexibility index (Phi) is 5.25. The molecule has 2 saturated heterocycles. The number of amides is 3. The summed E-state index contributed by atoms with van der Waals surface area (Å²) >= 11 is 0. The topological polar surface area (TPSA) is 203 Å². The first kappa shape index (κ1) is 18.7. The maximum atomic E-state index is 11.9. The number of phosphoric ester groups is 1. The molecular formula is C10H15N2O11P. The molecule has 0 aromatic rings. The zero-order valence-corrected chi connectivity index (χ0v) is 12.8. The van der Waals surface area contributed by atoms with E-state index in [0.29, 0.717) is 4.90 Å². The molecule has 0 radical (unpaired) electrons. The lowest BCUT2D eigenvalue weighted by molar-refractivity contribution is -0.155. The second kappa shape index (κ2) is 6.72. The Morgan fingerprint density at radius 3 is 2.54 bits per heavy atom. The molecule has 2 fully saturated rings. The van der Waals surface area contributed by atoms with Gasteiger partial charge in [0.05, 0.1) is 13.0 Å². The molecule has 24 heavy (non-hydrogen) atoms. The molecule has 2 heterocycles. The SMILES string of the molecule is O=C1CC(C(=O)O)N([C@@H]2O[C@H](CO)[C@@H](OP(=O)(O)O)[C@H]2O)C(=O)N1. The van der Waals surface area contributed by atoms with Gasteiger partial charge in [0.2, 0.25) is 5.91 Å². The third kappa shape index (κ3) is 3.72. The van der Waals surface area contributed by atoms with Crippen LogP contribution in [-0.2, 0) is 23.4 Å². The minimum atomic E-state index is -5.07. The Balaban J connectivity index is 2.29. The summed E-state index contributed by atoms with van der Waals surface area (Å²) in [5.41, 5.74) is 0. The van der Waals surface area contributed by atoms with Crippen LogP contribution in [0.4, 0.5) is 4.79 Å². The highest BCUT2D eigenvalue weighted by Gasteiger charge is 2.54. The van der Waals surface area contributed by atoms with E-state index >= 15 is 0 Å². The van der Waals surface area contributed by atoms with Gasteiger partial charge in [0.15, 0.2) is 6.23 Å². The van der Waals surface area contributed by atoms with Crippen molar-refractivity contribution in [1.29, 1.82) is 0 Å². The summed E-state index contributed by atoms with van der Waals surface area (Å²) in [7, 11) is -5.07. The summed E-state index contributed by atoms with van der Waals surface area (Å²) in [6.45, 7) is -0.829. The fourth-order valence-corrected chi connectivity index (χ4v) is 3.11. The summed E-state index contributed by atoms with van der Waals surface area (Å²) in [5, 5.41) is 30.3. The lowest BCUT2D eigenvalue weighted by atomic mass is 10.1. The molecule has 14 heteroatoms. The Morgan fingerprint density at radius 1 is 1.42 bits per heavy atom. The van der Waals surface area contributed by atoms with Crippen LogP contribution in [0, 0.1) is 0 Å². The predicted octanol–water partition coefficient (Wildman–Crippen LogP) is -3.06. The van der Waals surface area contributed by atoms with Crippen LogP contribution >= 0.6 is 7.82 Å². The van der Waals surface area contributed by atoms with Gasteiger partial charge in [-0.05, 0) is 0 Å². The molecule has 13 nitrogen and oxygen atoms in total. The number of phosphoric acid groups is 1. The monoisotopic (exact) mass is 370 g/mol. The molecule has 0 aromatic carbocycles. The van der Waals surface area contributed by atoms with E-state index < -0.39 is 69.3 Å². The van der Waals surface area contributed by atoms with Gasteiger partial charge in [-0.3, -0.25) is 19.5 Å². The minimum absolute atomic E-state index is 0.514. The first-order valence-corrected chi connectivity index (χ1v) is 8.11. The van der Waals surface area contributed by atoms with Gasteiger partial charge in [-0.1, -0.05) is 0 Å². The van der Waals surface area contributed by atoms with Crippen LogP contribution < -0.4 is 5.32 Å². The fourth-order valence-electron chi connectivity index (χ4n) is 2.53. The lowest BCUT2D eigenvalue weighted by Gasteiger charge is -2.37. The van der Waals surface area contributed by atoms with Crippen LogP contribution in [0.5, 0.6) is 0 Å². The Morgan fingerprint density at radius 2 is 2.04 bits per heavy atom. The molecule has 0 aromatic heterocycles. The number of carbonyl (C=O) groups excluding carboxylic acids is 2. The normalized spacial score (nSPS) is 34.3. The van der Waals surface area contributed by atoms with Crippen molar-refractivity contribution < 1.29 is 53.3 Å².